The Labute approximate surface area is 66.5 Å². The Kier molecular flexibility index (Phi) is 6.03. The zero-order valence-corrected chi connectivity index (χ0v) is 6.98. The van der Waals surface area contributed by atoms with Gasteiger partial charge in [-0.25, -0.2) is 8.78 Å². The summed E-state index contributed by atoms with van der Waals surface area (Å²) in [5.41, 5.74) is 0. The number of rotatable bonds is 5. The van der Waals surface area contributed by atoms with E-state index < -0.39 is 6.43 Å². The molecule has 0 radical (unpaired) electrons. The molecule has 0 bridgehead atoms. The van der Waals surface area contributed by atoms with Gasteiger partial charge in [0, 0.05) is 6.04 Å². The van der Waals surface area contributed by atoms with Gasteiger partial charge in [0.2, 0.25) is 0 Å². The first-order valence-corrected chi connectivity index (χ1v) is 3.81. The third-order valence-electron chi connectivity index (χ3n) is 1.15. The first kappa shape index (κ1) is 10.6. The van der Waals surface area contributed by atoms with Crippen molar-refractivity contribution in [1.29, 1.82) is 0 Å². The van der Waals surface area contributed by atoms with Crippen LogP contribution in [0.1, 0.15) is 20.3 Å². The minimum Gasteiger partial charge on any atom is -0.314 e. The van der Waals surface area contributed by atoms with Gasteiger partial charge in [-0.05, 0) is 19.0 Å². The molecular weight excluding hydrogens is 148 g/mol. The summed E-state index contributed by atoms with van der Waals surface area (Å²) in [6.45, 7) is 4.81. The molecule has 11 heavy (non-hydrogen) atoms. The molecule has 0 aliphatic heterocycles. The van der Waals surface area contributed by atoms with Crippen LogP contribution in [-0.4, -0.2) is 19.0 Å². The first-order valence-electron chi connectivity index (χ1n) is 3.81. The Morgan fingerprint density at radius 1 is 1.36 bits per heavy atom. The first-order chi connectivity index (χ1) is 5.13. The van der Waals surface area contributed by atoms with Crippen molar-refractivity contribution in [2.24, 2.45) is 0 Å². The van der Waals surface area contributed by atoms with Gasteiger partial charge in [-0.2, -0.15) is 0 Å². The summed E-state index contributed by atoms with van der Waals surface area (Å²) in [5.74, 6) is 0. The maximum Gasteiger partial charge on any atom is 0.257 e. The molecule has 0 aliphatic carbocycles. The van der Waals surface area contributed by atoms with Crippen LogP contribution in [0.5, 0.6) is 0 Å². The normalized spacial score (nSPS) is 12.2. The summed E-state index contributed by atoms with van der Waals surface area (Å²) in [7, 11) is 0. The van der Waals surface area contributed by atoms with Gasteiger partial charge < -0.3 is 5.32 Å². The minimum atomic E-state index is -2.31. The smallest absolute Gasteiger partial charge is 0.257 e. The molecule has 0 heterocycles. The van der Waals surface area contributed by atoms with E-state index in [0.29, 0.717) is 12.5 Å². The second kappa shape index (κ2) is 6.28. The average Bonchev–Trinajstić information content (AvgIpc) is 1.85. The van der Waals surface area contributed by atoms with Crippen LogP contribution in [0.15, 0.2) is 12.2 Å². The molecule has 0 saturated heterocycles. The van der Waals surface area contributed by atoms with Crippen LogP contribution >= 0.6 is 0 Å². The highest BCUT2D eigenvalue weighted by molar-refractivity contribution is 4.84. The fraction of sp³-hybridized carbons (Fsp3) is 0.750. The van der Waals surface area contributed by atoms with E-state index in [0.717, 1.165) is 12.6 Å². The molecule has 0 fully saturated rings. The van der Waals surface area contributed by atoms with Crippen molar-refractivity contribution in [3.8, 4) is 0 Å². The lowest BCUT2D eigenvalue weighted by Crippen LogP contribution is -2.23. The average molecular weight is 163 g/mol. The fourth-order valence-electron chi connectivity index (χ4n) is 0.654. The molecule has 0 unspecified atom stereocenters. The van der Waals surface area contributed by atoms with Crippen LogP contribution in [0.4, 0.5) is 8.78 Å². The lowest BCUT2D eigenvalue weighted by Gasteiger charge is -2.04. The Hall–Kier alpha value is -0.440. The van der Waals surface area contributed by atoms with Crippen molar-refractivity contribution in [1.82, 2.24) is 5.32 Å². The molecular formula is C8H15F2N. The second-order valence-corrected chi connectivity index (χ2v) is 2.66. The summed E-state index contributed by atoms with van der Waals surface area (Å²) in [6.07, 6.45) is 0.777. The largest absolute Gasteiger partial charge is 0.314 e. The van der Waals surface area contributed by atoms with Crippen LogP contribution in [0.3, 0.4) is 0 Å². The predicted molar refractivity (Wildman–Crippen MR) is 42.9 cm³/mol. The zero-order chi connectivity index (χ0) is 8.69. The third-order valence-corrected chi connectivity index (χ3v) is 1.15. The number of hydrogen-bond donors (Lipinski definition) is 1. The third kappa shape index (κ3) is 9.56. The summed E-state index contributed by atoms with van der Waals surface area (Å²) < 4.78 is 23.0. The van der Waals surface area contributed by atoms with E-state index >= 15 is 0 Å². The van der Waals surface area contributed by atoms with E-state index in [4.69, 9.17) is 0 Å². The van der Waals surface area contributed by atoms with E-state index in [1.807, 2.05) is 13.8 Å². The highest BCUT2D eigenvalue weighted by Crippen LogP contribution is 1.94. The molecule has 0 aliphatic rings. The van der Waals surface area contributed by atoms with Crippen LogP contribution in [0, 0.1) is 0 Å². The molecule has 1 nitrogen and oxygen atoms in total. The topological polar surface area (TPSA) is 12.0 Å². The van der Waals surface area contributed by atoms with Crippen molar-refractivity contribution in [3.63, 3.8) is 0 Å². The molecule has 0 aromatic rings. The molecule has 66 valence electrons. The molecule has 0 aromatic carbocycles. The van der Waals surface area contributed by atoms with Crippen LogP contribution in [-0.2, 0) is 0 Å². The lowest BCUT2D eigenvalue weighted by molar-refractivity contribution is 0.204. The number of hydrogen-bond acceptors (Lipinski definition) is 1. The Bertz CT molecular complexity index is 111. The van der Waals surface area contributed by atoms with Gasteiger partial charge in [-0.3, -0.25) is 0 Å². The Balaban J connectivity index is 3.14. The zero-order valence-electron chi connectivity index (χ0n) is 6.98. The van der Waals surface area contributed by atoms with E-state index in [1.165, 1.54) is 6.08 Å². The lowest BCUT2D eigenvalue weighted by atomic mass is 10.3. The number of halogens is 2. The van der Waals surface area contributed by atoms with Crippen LogP contribution in [0.25, 0.3) is 0 Å². The number of allylic oxidation sites excluding steroid dienone is 1. The Morgan fingerprint density at radius 3 is 2.45 bits per heavy atom. The molecule has 0 atom stereocenters. The number of alkyl halides is 2. The van der Waals surface area contributed by atoms with E-state index in [9.17, 15) is 8.78 Å². The molecule has 1 N–H and O–H groups in total. The maximum atomic E-state index is 11.5. The van der Waals surface area contributed by atoms with Gasteiger partial charge in [-0.15, -0.1) is 0 Å². The monoisotopic (exact) mass is 163 g/mol. The second-order valence-electron chi connectivity index (χ2n) is 2.66. The summed E-state index contributed by atoms with van der Waals surface area (Å²) >= 11 is 0. The SMILES string of the molecule is CC(C)NCC/C=C/C(F)F. The standard InChI is InChI=1S/C8H15F2N/c1-7(2)11-6-4-3-5-8(9)10/h3,5,7-8,11H,4,6H2,1-2H3/b5-3+. The van der Waals surface area contributed by atoms with Gasteiger partial charge in [0.1, 0.15) is 0 Å². The van der Waals surface area contributed by atoms with Gasteiger partial charge in [0.15, 0.2) is 0 Å². The highest BCUT2D eigenvalue weighted by atomic mass is 19.3. The van der Waals surface area contributed by atoms with Crippen molar-refractivity contribution >= 4 is 0 Å². The highest BCUT2D eigenvalue weighted by Gasteiger charge is 1.92. The molecule has 0 spiro atoms. The minimum absolute atomic E-state index is 0.426. The summed E-state index contributed by atoms with van der Waals surface area (Å²) in [5, 5.41) is 3.12. The summed E-state index contributed by atoms with van der Waals surface area (Å²) in [6, 6.07) is 0.426. The van der Waals surface area contributed by atoms with Crippen molar-refractivity contribution in [3.05, 3.63) is 12.2 Å². The van der Waals surface area contributed by atoms with E-state index in [2.05, 4.69) is 5.32 Å². The van der Waals surface area contributed by atoms with Gasteiger partial charge in [0.05, 0.1) is 0 Å². The van der Waals surface area contributed by atoms with Crippen molar-refractivity contribution < 1.29 is 8.78 Å². The predicted octanol–water partition coefficient (Wildman–Crippen LogP) is 2.20. The van der Waals surface area contributed by atoms with Gasteiger partial charge in [-0.1, -0.05) is 19.9 Å². The molecule has 0 rings (SSSR count). The van der Waals surface area contributed by atoms with Crippen molar-refractivity contribution in [2.75, 3.05) is 6.54 Å². The van der Waals surface area contributed by atoms with E-state index in [1.54, 1.807) is 0 Å². The Morgan fingerprint density at radius 2 is 2.00 bits per heavy atom. The van der Waals surface area contributed by atoms with Gasteiger partial charge >= 0.3 is 0 Å². The molecule has 0 amide bonds. The molecule has 3 heteroatoms. The quantitative estimate of drug-likeness (QED) is 0.484. The fourth-order valence-corrected chi connectivity index (χ4v) is 0.654. The summed E-state index contributed by atoms with van der Waals surface area (Å²) in [4.78, 5) is 0. The van der Waals surface area contributed by atoms with Gasteiger partial charge in [0.25, 0.3) is 6.43 Å². The van der Waals surface area contributed by atoms with Crippen LogP contribution < -0.4 is 5.32 Å². The molecule has 0 aromatic heterocycles. The van der Waals surface area contributed by atoms with Crippen molar-refractivity contribution in [2.45, 2.75) is 32.7 Å². The number of nitrogens with one attached hydrogen (secondary N) is 1. The maximum absolute atomic E-state index is 11.5. The van der Waals surface area contributed by atoms with E-state index in [-0.39, 0.29) is 0 Å². The van der Waals surface area contributed by atoms with Crippen LogP contribution in [0.2, 0.25) is 0 Å². The molecule has 0 saturated carbocycles.